The van der Waals surface area contributed by atoms with Gasteiger partial charge < -0.3 is 0 Å². The maximum atomic E-state index is 10.3. The van der Waals surface area contributed by atoms with Crippen LogP contribution in [-0.2, 0) is 5.11 Å². The summed E-state index contributed by atoms with van der Waals surface area (Å²) in [4.78, 5) is 0. The molecular formula is C9H9O. The second kappa shape index (κ2) is 3.18. The molecule has 1 aromatic rings. The Hall–Kier alpha value is -1.08. The van der Waals surface area contributed by atoms with Crippen molar-refractivity contribution in [3.05, 3.63) is 42.5 Å². The molecule has 0 saturated carbocycles. The summed E-state index contributed by atoms with van der Waals surface area (Å²) in [7, 11) is 0. The van der Waals surface area contributed by atoms with Crippen LogP contribution in [0.2, 0.25) is 0 Å². The Morgan fingerprint density at radius 3 is 2.40 bits per heavy atom. The molecule has 0 aromatic heterocycles. The Morgan fingerprint density at radius 2 is 1.90 bits per heavy atom. The van der Waals surface area contributed by atoms with Crippen LogP contribution < -0.4 is 0 Å². The summed E-state index contributed by atoms with van der Waals surface area (Å²) in [5.74, 6) is 0. The molecule has 51 valence electrons. The zero-order valence-electron chi connectivity index (χ0n) is 5.71. The van der Waals surface area contributed by atoms with E-state index >= 15 is 0 Å². The minimum absolute atomic E-state index is 0.218. The second-order valence-corrected chi connectivity index (χ2v) is 2.11. The molecule has 0 fully saturated rings. The third-order valence-corrected chi connectivity index (χ3v) is 1.36. The van der Waals surface area contributed by atoms with Gasteiger partial charge in [-0.25, -0.2) is 5.11 Å². The van der Waals surface area contributed by atoms with Gasteiger partial charge in [-0.05, 0) is 11.1 Å². The molecular weight excluding hydrogens is 124 g/mol. The van der Waals surface area contributed by atoms with Crippen molar-refractivity contribution in [2.45, 2.75) is 0 Å². The van der Waals surface area contributed by atoms with Gasteiger partial charge in [-0.3, -0.25) is 0 Å². The highest BCUT2D eigenvalue weighted by molar-refractivity contribution is 5.63. The third kappa shape index (κ3) is 1.45. The second-order valence-electron chi connectivity index (χ2n) is 2.11. The topological polar surface area (TPSA) is 19.9 Å². The minimum Gasteiger partial charge on any atom is -0.232 e. The van der Waals surface area contributed by atoms with Crippen molar-refractivity contribution in [2.75, 3.05) is 6.61 Å². The molecule has 0 N–H and O–H groups in total. The maximum Gasteiger partial charge on any atom is 0.107 e. The van der Waals surface area contributed by atoms with E-state index in [2.05, 4.69) is 6.58 Å². The predicted molar refractivity (Wildman–Crippen MR) is 41.0 cm³/mol. The molecule has 1 aromatic carbocycles. The molecule has 0 heterocycles. The fourth-order valence-corrected chi connectivity index (χ4v) is 0.757. The van der Waals surface area contributed by atoms with Crippen LogP contribution in [0.3, 0.4) is 0 Å². The van der Waals surface area contributed by atoms with Crippen molar-refractivity contribution >= 4 is 5.57 Å². The lowest BCUT2D eigenvalue weighted by Gasteiger charge is -1.97. The average molecular weight is 133 g/mol. The normalized spacial score (nSPS) is 9.30. The van der Waals surface area contributed by atoms with E-state index in [0.29, 0.717) is 5.57 Å². The highest BCUT2D eigenvalue weighted by Crippen LogP contribution is 2.09. The molecule has 0 spiro atoms. The number of benzene rings is 1. The quantitative estimate of drug-likeness (QED) is 0.589. The number of hydrogen-bond acceptors (Lipinski definition) is 0. The van der Waals surface area contributed by atoms with Gasteiger partial charge in [0.25, 0.3) is 0 Å². The van der Waals surface area contributed by atoms with Crippen LogP contribution in [0.25, 0.3) is 5.57 Å². The molecule has 0 bridgehead atoms. The van der Waals surface area contributed by atoms with Gasteiger partial charge in [-0.2, -0.15) is 0 Å². The van der Waals surface area contributed by atoms with Crippen LogP contribution in [0.15, 0.2) is 36.9 Å². The van der Waals surface area contributed by atoms with E-state index < -0.39 is 0 Å². The summed E-state index contributed by atoms with van der Waals surface area (Å²) in [6.07, 6.45) is 0. The van der Waals surface area contributed by atoms with Crippen LogP contribution in [0, 0.1) is 0 Å². The van der Waals surface area contributed by atoms with Gasteiger partial charge in [-0.15, -0.1) is 0 Å². The Morgan fingerprint density at radius 1 is 1.30 bits per heavy atom. The van der Waals surface area contributed by atoms with E-state index in [9.17, 15) is 5.11 Å². The first-order valence-electron chi connectivity index (χ1n) is 3.16. The lowest BCUT2D eigenvalue weighted by Crippen LogP contribution is -1.84. The van der Waals surface area contributed by atoms with Gasteiger partial charge in [0.05, 0.1) is 0 Å². The summed E-state index contributed by atoms with van der Waals surface area (Å²) in [6.45, 7) is 3.41. The van der Waals surface area contributed by atoms with Crippen molar-refractivity contribution in [3.63, 3.8) is 0 Å². The van der Waals surface area contributed by atoms with E-state index in [-0.39, 0.29) is 6.61 Å². The Balaban J connectivity index is 2.85. The van der Waals surface area contributed by atoms with Gasteiger partial charge in [0, 0.05) is 0 Å². The average Bonchev–Trinajstić information content (AvgIpc) is 2.05. The predicted octanol–water partition coefficient (Wildman–Crippen LogP) is 2.13. The zero-order valence-corrected chi connectivity index (χ0v) is 5.71. The zero-order chi connectivity index (χ0) is 7.40. The SMILES string of the molecule is C=C(C[O])c1ccccc1. The van der Waals surface area contributed by atoms with E-state index in [0.717, 1.165) is 5.56 Å². The van der Waals surface area contributed by atoms with Crippen LogP contribution in [0.5, 0.6) is 0 Å². The van der Waals surface area contributed by atoms with Gasteiger partial charge in [-0.1, -0.05) is 36.9 Å². The van der Waals surface area contributed by atoms with Crippen molar-refractivity contribution < 1.29 is 5.11 Å². The molecule has 0 unspecified atom stereocenters. The fourth-order valence-electron chi connectivity index (χ4n) is 0.757. The summed E-state index contributed by atoms with van der Waals surface area (Å²) in [6, 6.07) is 9.49. The van der Waals surface area contributed by atoms with E-state index in [1.54, 1.807) is 0 Å². The molecule has 0 aliphatic heterocycles. The standard InChI is InChI=1S/C9H9O/c1-8(7-10)9-5-3-2-4-6-9/h2-6H,1,7H2. The van der Waals surface area contributed by atoms with Crippen molar-refractivity contribution in [1.29, 1.82) is 0 Å². The van der Waals surface area contributed by atoms with Crippen LogP contribution in [0.1, 0.15) is 5.56 Å². The third-order valence-electron chi connectivity index (χ3n) is 1.36. The van der Waals surface area contributed by atoms with Crippen molar-refractivity contribution in [1.82, 2.24) is 0 Å². The Labute approximate surface area is 60.6 Å². The molecule has 10 heavy (non-hydrogen) atoms. The van der Waals surface area contributed by atoms with Gasteiger partial charge in [0.15, 0.2) is 0 Å². The first kappa shape index (κ1) is 7.03. The molecule has 0 aliphatic rings. The molecule has 0 aliphatic carbocycles. The fraction of sp³-hybridized carbons (Fsp3) is 0.111. The van der Waals surface area contributed by atoms with E-state index in [4.69, 9.17) is 0 Å². The lowest BCUT2D eigenvalue weighted by atomic mass is 10.1. The van der Waals surface area contributed by atoms with Crippen molar-refractivity contribution in [2.24, 2.45) is 0 Å². The molecule has 0 atom stereocenters. The summed E-state index contributed by atoms with van der Waals surface area (Å²) in [5.41, 5.74) is 1.60. The molecule has 0 amide bonds. The highest BCUT2D eigenvalue weighted by atomic mass is 16.3. The van der Waals surface area contributed by atoms with Crippen LogP contribution in [-0.4, -0.2) is 6.61 Å². The molecule has 1 rings (SSSR count). The van der Waals surface area contributed by atoms with Gasteiger partial charge >= 0.3 is 0 Å². The number of rotatable bonds is 2. The molecule has 1 nitrogen and oxygen atoms in total. The van der Waals surface area contributed by atoms with E-state index in [1.165, 1.54) is 0 Å². The highest BCUT2D eigenvalue weighted by Gasteiger charge is 1.93. The van der Waals surface area contributed by atoms with Crippen LogP contribution >= 0.6 is 0 Å². The number of hydrogen-bond donors (Lipinski definition) is 0. The Bertz CT molecular complexity index is 213. The summed E-state index contributed by atoms with van der Waals surface area (Å²) in [5, 5.41) is 10.3. The van der Waals surface area contributed by atoms with Crippen LogP contribution in [0.4, 0.5) is 0 Å². The smallest absolute Gasteiger partial charge is 0.107 e. The van der Waals surface area contributed by atoms with Gasteiger partial charge in [0.1, 0.15) is 6.61 Å². The maximum absolute atomic E-state index is 10.3. The Kier molecular flexibility index (Phi) is 2.24. The summed E-state index contributed by atoms with van der Waals surface area (Å²) < 4.78 is 0. The molecule has 1 radical (unpaired) electrons. The first-order chi connectivity index (χ1) is 4.84. The lowest BCUT2D eigenvalue weighted by molar-refractivity contribution is 0.239. The summed E-state index contributed by atoms with van der Waals surface area (Å²) >= 11 is 0. The van der Waals surface area contributed by atoms with E-state index in [1.807, 2.05) is 30.3 Å². The minimum atomic E-state index is -0.218. The monoisotopic (exact) mass is 133 g/mol. The molecule has 0 saturated heterocycles. The first-order valence-corrected chi connectivity index (χ1v) is 3.16. The molecule has 1 heteroatoms. The van der Waals surface area contributed by atoms with Crippen molar-refractivity contribution in [3.8, 4) is 0 Å². The largest absolute Gasteiger partial charge is 0.232 e. The van der Waals surface area contributed by atoms with Gasteiger partial charge in [0.2, 0.25) is 0 Å².